The Morgan fingerprint density at radius 3 is 2.50 bits per heavy atom. The number of hydrogen-bond acceptors (Lipinski definition) is 4. The molecule has 4 nitrogen and oxygen atoms in total. The van der Waals surface area contributed by atoms with Crippen LogP contribution in [0.2, 0.25) is 0 Å². The van der Waals surface area contributed by atoms with Crippen molar-refractivity contribution in [2.75, 3.05) is 0 Å². The number of carbonyl (C=O) groups excluding carboxylic acids is 1. The monoisotopic (exact) mass is 280 g/mol. The summed E-state index contributed by atoms with van der Waals surface area (Å²) in [6, 6.07) is 0. The molecule has 4 aliphatic rings. The van der Waals surface area contributed by atoms with Gasteiger partial charge in [0.25, 0.3) is 0 Å². The third-order valence-electron chi connectivity index (χ3n) is 5.54. The molecule has 4 heteroatoms. The molecule has 0 aliphatic heterocycles. The zero-order valence-corrected chi connectivity index (χ0v) is 12.3. The predicted octanol–water partition coefficient (Wildman–Crippen LogP) is 2.15. The second kappa shape index (κ2) is 4.08. The van der Waals surface area contributed by atoms with Gasteiger partial charge >= 0.3 is 5.97 Å². The van der Waals surface area contributed by atoms with Crippen LogP contribution in [0.15, 0.2) is 12.2 Å². The average molecular weight is 280 g/mol. The van der Waals surface area contributed by atoms with Crippen LogP contribution in [0.25, 0.3) is 0 Å². The van der Waals surface area contributed by atoms with E-state index in [1.165, 1.54) is 0 Å². The second-order valence-electron chi connectivity index (χ2n) is 7.91. The van der Waals surface area contributed by atoms with Crippen LogP contribution in [0.4, 0.5) is 0 Å². The first-order chi connectivity index (χ1) is 9.18. The van der Waals surface area contributed by atoms with Crippen LogP contribution >= 0.6 is 0 Å². The molecule has 4 unspecified atom stereocenters. The zero-order chi connectivity index (χ0) is 14.8. The van der Waals surface area contributed by atoms with Gasteiger partial charge in [-0.3, -0.25) is 0 Å². The molecular formula is C16H24O4. The fraction of sp³-hybridized carbons (Fsp3) is 0.812. The number of hydrogen-bond donors (Lipinski definition) is 2. The van der Waals surface area contributed by atoms with E-state index >= 15 is 0 Å². The van der Waals surface area contributed by atoms with Crippen LogP contribution in [-0.4, -0.2) is 28.1 Å². The molecule has 0 aromatic heterocycles. The van der Waals surface area contributed by atoms with E-state index in [4.69, 9.17) is 4.74 Å². The number of aliphatic hydroxyl groups is 2. The molecule has 4 aliphatic carbocycles. The first kappa shape index (κ1) is 14.1. The maximum Gasteiger partial charge on any atom is 0.333 e. The van der Waals surface area contributed by atoms with Crippen molar-refractivity contribution in [3.8, 4) is 0 Å². The molecule has 4 saturated carbocycles. The van der Waals surface area contributed by atoms with E-state index in [0.717, 1.165) is 32.1 Å². The van der Waals surface area contributed by atoms with Gasteiger partial charge in [0.05, 0.1) is 0 Å². The molecule has 0 aromatic carbocycles. The first-order valence-corrected chi connectivity index (χ1v) is 7.43. The maximum absolute atomic E-state index is 12.0. The molecule has 4 bridgehead atoms. The quantitative estimate of drug-likeness (QED) is 0.472. The molecule has 0 heterocycles. The predicted molar refractivity (Wildman–Crippen MR) is 73.6 cm³/mol. The Hall–Kier alpha value is -0.870. The first-order valence-electron chi connectivity index (χ1n) is 7.43. The van der Waals surface area contributed by atoms with Crippen LogP contribution in [-0.2, 0) is 9.53 Å². The van der Waals surface area contributed by atoms with Gasteiger partial charge in [0.15, 0.2) is 6.29 Å². The van der Waals surface area contributed by atoms with Crippen LogP contribution in [0, 0.1) is 16.7 Å². The minimum Gasteiger partial charge on any atom is -0.456 e. The van der Waals surface area contributed by atoms with E-state index in [9.17, 15) is 15.0 Å². The minimum absolute atomic E-state index is 0.0540. The highest BCUT2D eigenvalue weighted by Crippen LogP contribution is 2.68. The summed E-state index contributed by atoms with van der Waals surface area (Å²) >= 11 is 0. The summed E-state index contributed by atoms with van der Waals surface area (Å²) in [6.45, 7) is 7.50. The van der Waals surface area contributed by atoms with Crippen LogP contribution in [0.3, 0.4) is 0 Å². The fourth-order valence-corrected chi connectivity index (χ4v) is 5.59. The molecule has 4 rings (SSSR count). The SMILES string of the molecule is C=C(C)C(=O)OC12CC3CC(C)(C1)CC(C(O)O)(C3)C2. The summed E-state index contributed by atoms with van der Waals surface area (Å²) in [5.74, 6) is 0.0779. The van der Waals surface area contributed by atoms with Crippen molar-refractivity contribution in [2.24, 2.45) is 16.7 Å². The van der Waals surface area contributed by atoms with Gasteiger partial charge in [-0.15, -0.1) is 0 Å². The van der Waals surface area contributed by atoms with E-state index in [-0.39, 0.29) is 11.4 Å². The van der Waals surface area contributed by atoms with Gasteiger partial charge in [-0.1, -0.05) is 13.5 Å². The molecule has 112 valence electrons. The molecular weight excluding hydrogens is 256 g/mol. The third kappa shape index (κ3) is 2.01. The Kier molecular flexibility index (Phi) is 2.87. The summed E-state index contributed by atoms with van der Waals surface area (Å²) in [7, 11) is 0. The smallest absolute Gasteiger partial charge is 0.333 e. The Bertz CT molecular complexity index is 471. The zero-order valence-electron chi connectivity index (χ0n) is 12.3. The fourth-order valence-electron chi connectivity index (χ4n) is 5.59. The normalized spacial score (nSPS) is 45.8. The lowest BCUT2D eigenvalue weighted by molar-refractivity contribution is -0.268. The van der Waals surface area contributed by atoms with Crippen molar-refractivity contribution >= 4 is 5.97 Å². The number of esters is 1. The summed E-state index contributed by atoms with van der Waals surface area (Å²) in [5, 5.41) is 19.8. The summed E-state index contributed by atoms with van der Waals surface area (Å²) in [6.07, 6.45) is 3.71. The van der Waals surface area contributed by atoms with Crippen molar-refractivity contribution < 1.29 is 19.7 Å². The summed E-state index contributed by atoms with van der Waals surface area (Å²) < 4.78 is 5.79. The van der Waals surface area contributed by atoms with E-state index in [0.29, 0.717) is 17.9 Å². The Morgan fingerprint density at radius 2 is 1.95 bits per heavy atom. The highest BCUT2D eigenvalue weighted by molar-refractivity contribution is 5.87. The largest absolute Gasteiger partial charge is 0.456 e. The van der Waals surface area contributed by atoms with Crippen molar-refractivity contribution in [1.29, 1.82) is 0 Å². The number of ether oxygens (including phenoxy) is 1. The molecule has 0 radical (unpaired) electrons. The molecule has 0 amide bonds. The number of rotatable bonds is 3. The Morgan fingerprint density at radius 1 is 1.25 bits per heavy atom. The lowest BCUT2D eigenvalue weighted by Crippen LogP contribution is -2.63. The van der Waals surface area contributed by atoms with Crippen molar-refractivity contribution in [3.05, 3.63) is 12.2 Å². The van der Waals surface area contributed by atoms with Crippen molar-refractivity contribution in [2.45, 2.75) is 64.3 Å². The van der Waals surface area contributed by atoms with Crippen LogP contribution in [0.1, 0.15) is 52.4 Å². The molecule has 0 spiro atoms. The third-order valence-corrected chi connectivity index (χ3v) is 5.54. The van der Waals surface area contributed by atoms with Gasteiger partial charge in [0, 0.05) is 11.0 Å². The average Bonchev–Trinajstić information content (AvgIpc) is 2.24. The van der Waals surface area contributed by atoms with E-state index in [1.807, 2.05) is 0 Å². The highest BCUT2D eigenvalue weighted by Gasteiger charge is 2.65. The molecule has 4 fully saturated rings. The van der Waals surface area contributed by atoms with Crippen LogP contribution < -0.4 is 0 Å². The van der Waals surface area contributed by atoms with E-state index < -0.39 is 17.3 Å². The Labute approximate surface area is 119 Å². The minimum atomic E-state index is -1.33. The molecule has 4 atom stereocenters. The van der Waals surface area contributed by atoms with E-state index in [2.05, 4.69) is 13.5 Å². The molecule has 2 N–H and O–H groups in total. The Balaban J connectivity index is 1.93. The standard InChI is InChI=1S/C16H24O4/c1-10(2)12(17)20-16-6-11-4-14(3,8-16)7-15(5-11,9-16)13(18)19/h11,13,18-19H,1,4-9H2,2-3H3. The van der Waals surface area contributed by atoms with Gasteiger partial charge in [0.1, 0.15) is 5.60 Å². The molecule has 20 heavy (non-hydrogen) atoms. The molecule has 0 aromatic rings. The van der Waals surface area contributed by atoms with Crippen molar-refractivity contribution in [1.82, 2.24) is 0 Å². The lowest BCUT2D eigenvalue weighted by Gasteiger charge is -2.65. The van der Waals surface area contributed by atoms with Crippen molar-refractivity contribution in [3.63, 3.8) is 0 Å². The highest BCUT2D eigenvalue weighted by atomic mass is 16.6. The summed E-state index contributed by atoms with van der Waals surface area (Å²) in [4.78, 5) is 12.0. The van der Waals surface area contributed by atoms with Crippen LogP contribution in [0.5, 0.6) is 0 Å². The number of carbonyl (C=O) groups is 1. The maximum atomic E-state index is 12.0. The van der Waals surface area contributed by atoms with Gasteiger partial charge in [0.2, 0.25) is 0 Å². The van der Waals surface area contributed by atoms with E-state index in [1.54, 1.807) is 6.92 Å². The summed E-state index contributed by atoms with van der Waals surface area (Å²) in [5.41, 5.74) is -0.555. The topological polar surface area (TPSA) is 66.8 Å². The van der Waals surface area contributed by atoms with Gasteiger partial charge < -0.3 is 14.9 Å². The second-order valence-corrected chi connectivity index (χ2v) is 7.91. The lowest BCUT2D eigenvalue weighted by atomic mass is 9.43. The van der Waals surface area contributed by atoms with Gasteiger partial charge in [-0.25, -0.2) is 4.79 Å². The molecule has 0 saturated heterocycles. The van der Waals surface area contributed by atoms with Gasteiger partial charge in [-0.05, 0) is 56.8 Å². The van der Waals surface area contributed by atoms with Gasteiger partial charge in [-0.2, -0.15) is 0 Å². The number of aliphatic hydroxyl groups excluding tert-OH is 1.